The molecule has 4 nitrogen and oxygen atoms in total. The molecule has 0 radical (unpaired) electrons. The number of dihydropyridines is 2. The van der Waals surface area contributed by atoms with Crippen LogP contribution in [0.4, 0.5) is 0 Å². The Balaban J connectivity index is 1.27. The van der Waals surface area contributed by atoms with Gasteiger partial charge in [0.2, 0.25) is 0 Å². The van der Waals surface area contributed by atoms with Gasteiger partial charge in [0, 0.05) is 46.2 Å². The minimum atomic E-state index is 0.0878. The second-order valence-corrected chi connectivity index (χ2v) is 11.7. The third kappa shape index (κ3) is 4.26. The lowest BCUT2D eigenvalue weighted by atomic mass is 9.98. The van der Waals surface area contributed by atoms with Crippen molar-refractivity contribution in [2.75, 3.05) is 6.54 Å². The molecular weight excluding hydrogens is 548 g/mol. The number of nitrogens with one attached hydrogen (secondary N) is 2. The van der Waals surface area contributed by atoms with E-state index < -0.39 is 0 Å². The molecule has 1 unspecified atom stereocenters. The van der Waals surface area contributed by atoms with Crippen molar-refractivity contribution in [2.24, 2.45) is 0 Å². The van der Waals surface area contributed by atoms with Crippen LogP contribution in [0, 0.1) is 0 Å². The summed E-state index contributed by atoms with van der Waals surface area (Å²) in [6, 6.07) is 37.9. The summed E-state index contributed by atoms with van der Waals surface area (Å²) >= 11 is 0. The first kappa shape index (κ1) is 25.6. The summed E-state index contributed by atoms with van der Waals surface area (Å²) in [5, 5.41) is 14.4. The molecule has 0 bridgehead atoms. The van der Waals surface area contributed by atoms with Gasteiger partial charge in [0.1, 0.15) is 0 Å². The molecule has 2 N–H and O–H groups in total. The predicted molar refractivity (Wildman–Crippen MR) is 188 cm³/mol. The van der Waals surface area contributed by atoms with Crippen LogP contribution in [0.15, 0.2) is 152 Å². The highest BCUT2D eigenvalue weighted by Gasteiger charge is 2.19. The molecule has 7 aromatic rings. The third-order valence-electron chi connectivity index (χ3n) is 9.14. The number of nitrogens with zero attached hydrogens (tertiary/aromatic N) is 2. The van der Waals surface area contributed by atoms with Gasteiger partial charge in [0.05, 0.1) is 22.8 Å². The fourth-order valence-corrected chi connectivity index (χ4v) is 6.97. The molecule has 2 aliphatic heterocycles. The van der Waals surface area contributed by atoms with Crippen molar-refractivity contribution in [3.63, 3.8) is 0 Å². The SMILES string of the molecule is C1=CC(c2cccnc2)NC(c2ccc3c(ccc4c5ccc(C6=CCNC=C6)cc5n(-c5cccc6ccccc56)c34)c2)=C1. The smallest absolute Gasteiger partial charge is 0.0716 e. The number of allylic oxidation sites excluding steroid dienone is 4. The van der Waals surface area contributed by atoms with Crippen molar-refractivity contribution >= 4 is 54.6 Å². The Bertz CT molecular complexity index is 2400. The Kier molecular flexibility index (Phi) is 5.91. The average Bonchev–Trinajstić information content (AvgIpc) is 3.46. The maximum absolute atomic E-state index is 4.32. The van der Waals surface area contributed by atoms with E-state index in [1.165, 1.54) is 65.7 Å². The first-order chi connectivity index (χ1) is 22.3. The van der Waals surface area contributed by atoms with Crippen LogP contribution in [-0.4, -0.2) is 16.1 Å². The lowest BCUT2D eigenvalue weighted by molar-refractivity contribution is 0.759. The second kappa shape index (κ2) is 10.4. The van der Waals surface area contributed by atoms with E-state index in [9.17, 15) is 0 Å². The summed E-state index contributed by atoms with van der Waals surface area (Å²) in [5.74, 6) is 0. The molecule has 45 heavy (non-hydrogen) atoms. The quantitative estimate of drug-likeness (QED) is 0.219. The number of rotatable bonds is 4. The van der Waals surface area contributed by atoms with Crippen molar-refractivity contribution < 1.29 is 0 Å². The van der Waals surface area contributed by atoms with E-state index in [0.29, 0.717) is 0 Å². The Morgan fingerprint density at radius 1 is 0.733 bits per heavy atom. The van der Waals surface area contributed by atoms with E-state index in [-0.39, 0.29) is 6.04 Å². The van der Waals surface area contributed by atoms with Gasteiger partial charge in [0.25, 0.3) is 0 Å². The van der Waals surface area contributed by atoms with Gasteiger partial charge < -0.3 is 15.2 Å². The van der Waals surface area contributed by atoms with E-state index in [0.717, 1.165) is 17.8 Å². The van der Waals surface area contributed by atoms with E-state index >= 15 is 0 Å². The number of hydrogen-bond donors (Lipinski definition) is 2. The monoisotopic (exact) mass is 578 g/mol. The molecule has 0 aliphatic carbocycles. The summed E-state index contributed by atoms with van der Waals surface area (Å²) in [6.45, 7) is 0.840. The first-order valence-corrected chi connectivity index (χ1v) is 15.5. The number of pyridine rings is 1. The van der Waals surface area contributed by atoms with Gasteiger partial charge in [-0.1, -0.05) is 97.1 Å². The largest absolute Gasteiger partial charge is 0.387 e. The van der Waals surface area contributed by atoms with Crippen molar-refractivity contribution in [3.8, 4) is 5.69 Å². The van der Waals surface area contributed by atoms with Gasteiger partial charge in [0.15, 0.2) is 0 Å². The second-order valence-electron chi connectivity index (χ2n) is 11.7. The Morgan fingerprint density at radius 2 is 1.62 bits per heavy atom. The summed E-state index contributed by atoms with van der Waals surface area (Å²) in [7, 11) is 0. The summed E-state index contributed by atoms with van der Waals surface area (Å²) in [4.78, 5) is 4.32. The maximum atomic E-state index is 4.32. The molecule has 9 rings (SSSR count). The van der Waals surface area contributed by atoms with Crippen molar-refractivity contribution in [1.82, 2.24) is 20.2 Å². The van der Waals surface area contributed by atoms with E-state index in [2.05, 4.69) is 148 Å². The molecule has 0 saturated carbocycles. The fourth-order valence-electron chi connectivity index (χ4n) is 6.97. The standard InChI is InChI=1S/C41H30N4/c1-2-9-33-28(6-1)7-3-12-39(33)45-40-25-29(27-19-22-42-23-20-27)13-17-35(40)36-18-14-30-24-31(15-16-34(30)41(36)45)37-10-4-11-38(44-37)32-8-5-21-43-26-32/h1-22,24-26,38,42,44H,23H2. The van der Waals surface area contributed by atoms with Gasteiger partial charge in [-0.3, -0.25) is 4.98 Å². The van der Waals surface area contributed by atoms with Crippen molar-refractivity contribution in [2.45, 2.75) is 6.04 Å². The van der Waals surface area contributed by atoms with Crippen LogP contribution < -0.4 is 10.6 Å². The zero-order valence-corrected chi connectivity index (χ0v) is 24.6. The lowest BCUT2D eigenvalue weighted by Gasteiger charge is -2.22. The van der Waals surface area contributed by atoms with E-state index in [1.54, 1.807) is 0 Å². The Morgan fingerprint density at radius 3 is 2.53 bits per heavy atom. The summed E-state index contributed by atoms with van der Waals surface area (Å²) in [6.07, 6.45) is 16.7. The molecule has 0 spiro atoms. The number of aromatic nitrogens is 2. The van der Waals surface area contributed by atoms with Crippen LogP contribution in [0.2, 0.25) is 0 Å². The molecule has 5 aromatic carbocycles. The molecule has 0 saturated heterocycles. The minimum absolute atomic E-state index is 0.0878. The van der Waals surface area contributed by atoms with Gasteiger partial charge >= 0.3 is 0 Å². The molecular formula is C41H30N4. The zero-order valence-electron chi connectivity index (χ0n) is 24.6. The normalized spacial score (nSPS) is 16.1. The van der Waals surface area contributed by atoms with Gasteiger partial charge in [-0.15, -0.1) is 0 Å². The number of fused-ring (bicyclic) bond motifs is 6. The first-order valence-electron chi connectivity index (χ1n) is 15.5. The Labute approximate surface area is 261 Å². The number of benzene rings is 5. The maximum Gasteiger partial charge on any atom is 0.0716 e. The van der Waals surface area contributed by atoms with E-state index in [1.807, 2.05) is 24.7 Å². The lowest BCUT2D eigenvalue weighted by Crippen LogP contribution is -2.20. The van der Waals surface area contributed by atoms with E-state index in [4.69, 9.17) is 0 Å². The summed E-state index contributed by atoms with van der Waals surface area (Å²) in [5.41, 5.74) is 9.53. The highest BCUT2D eigenvalue weighted by atomic mass is 15.0. The van der Waals surface area contributed by atoms with Crippen LogP contribution >= 0.6 is 0 Å². The highest BCUT2D eigenvalue weighted by Crippen LogP contribution is 2.40. The summed E-state index contributed by atoms with van der Waals surface area (Å²) < 4.78 is 2.49. The molecule has 0 amide bonds. The van der Waals surface area contributed by atoms with Gasteiger partial charge in [-0.05, 0) is 75.7 Å². The van der Waals surface area contributed by atoms with Crippen molar-refractivity contribution in [1.29, 1.82) is 0 Å². The topological polar surface area (TPSA) is 41.9 Å². The molecule has 2 aromatic heterocycles. The van der Waals surface area contributed by atoms with Gasteiger partial charge in [-0.2, -0.15) is 0 Å². The zero-order chi connectivity index (χ0) is 29.7. The van der Waals surface area contributed by atoms with Gasteiger partial charge in [-0.25, -0.2) is 0 Å². The predicted octanol–water partition coefficient (Wildman–Crippen LogP) is 9.23. The molecule has 1 atom stereocenters. The van der Waals surface area contributed by atoms with Crippen LogP contribution in [0.3, 0.4) is 0 Å². The highest BCUT2D eigenvalue weighted by molar-refractivity contribution is 6.20. The third-order valence-corrected chi connectivity index (χ3v) is 9.14. The van der Waals surface area contributed by atoms with Crippen LogP contribution in [0.25, 0.3) is 60.3 Å². The molecule has 4 heteroatoms. The molecule has 4 heterocycles. The molecule has 2 aliphatic rings. The van der Waals surface area contributed by atoms with Crippen molar-refractivity contribution in [3.05, 3.63) is 169 Å². The molecule has 214 valence electrons. The number of hydrogen-bond acceptors (Lipinski definition) is 3. The average molecular weight is 579 g/mol. The Hall–Kier alpha value is -5.87. The van der Waals surface area contributed by atoms with Crippen LogP contribution in [-0.2, 0) is 0 Å². The van der Waals surface area contributed by atoms with Crippen LogP contribution in [0.1, 0.15) is 22.7 Å². The molecule has 0 fully saturated rings. The fraction of sp³-hybridized carbons (Fsp3) is 0.0488. The van der Waals surface area contributed by atoms with Crippen LogP contribution in [0.5, 0.6) is 0 Å². The minimum Gasteiger partial charge on any atom is -0.387 e.